The van der Waals surface area contributed by atoms with Crippen LogP contribution in [-0.2, 0) is 14.3 Å². The molecule has 1 saturated heterocycles. The summed E-state index contributed by atoms with van der Waals surface area (Å²) in [6, 6.07) is 0. The van der Waals surface area contributed by atoms with Crippen molar-refractivity contribution in [3.05, 3.63) is 0 Å². The molecule has 1 heterocycles. The number of ether oxygens (including phenoxy) is 2. The molecule has 1 aliphatic rings. The van der Waals surface area contributed by atoms with Gasteiger partial charge in [0.2, 0.25) is 0 Å². The van der Waals surface area contributed by atoms with E-state index in [1.807, 2.05) is 0 Å². The van der Waals surface area contributed by atoms with Crippen molar-refractivity contribution < 1.29 is 34.7 Å². The lowest BCUT2D eigenvalue weighted by Gasteiger charge is -2.18. The van der Waals surface area contributed by atoms with Crippen LogP contribution in [0, 0.1) is 0 Å². The Morgan fingerprint density at radius 1 is 1.20 bits per heavy atom. The summed E-state index contributed by atoms with van der Waals surface area (Å²) in [6.07, 6.45) is -0.182. The highest BCUT2D eigenvalue weighted by molar-refractivity contribution is 5.66. The molecule has 7 heteroatoms. The van der Waals surface area contributed by atoms with Crippen LogP contribution in [0.2, 0.25) is 0 Å². The Morgan fingerprint density at radius 2 is 1.67 bits per heavy atom. The SMILES string of the molecule is O=C(O)CCC1(O)OCCO1.OCCO. The van der Waals surface area contributed by atoms with Crippen LogP contribution in [0.3, 0.4) is 0 Å². The Bertz CT molecular complexity index is 174. The van der Waals surface area contributed by atoms with Gasteiger partial charge in [-0.2, -0.15) is 0 Å². The number of aliphatic hydroxyl groups is 3. The molecule has 7 nitrogen and oxygen atoms in total. The highest BCUT2D eigenvalue weighted by atomic mass is 16.8. The Balaban J connectivity index is 0.000000423. The zero-order valence-electron chi connectivity index (χ0n) is 8.26. The Hall–Kier alpha value is -0.730. The van der Waals surface area contributed by atoms with E-state index in [1.54, 1.807) is 0 Å². The number of hydrogen-bond acceptors (Lipinski definition) is 6. The predicted octanol–water partition coefficient (Wildman–Crippen LogP) is -1.48. The third kappa shape index (κ3) is 7.23. The lowest BCUT2D eigenvalue weighted by atomic mass is 10.3. The number of carboxylic acid groups (broad SMARTS) is 1. The van der Waals surface area contributed by atoms with Gasteiger partial charge >= 0.3 is 5.97 Å². The number of rotatable bonds is 4. The summed E-state index contributed by atoms with van der Waals surface area (Å²) in [5, 5.41) is 32.7. The zero-order valence-corrected chi connectivity index (χ0v) is 8.26. The summed E-state index contributed by atoms with van der Waals surface area (Å²) in [5.41, 5.74) is 0. The van der Waals surface area contributed by atoms with Crippen LogP contribution in [0.1, 0.15) is 12.8 Å². The predicted molar refractivity (Wildman–Crippen MR) is 47.9 cm³/mol. The second-order valence-corrected chi connectivity index (χ2v) is 2.75. The third-order valence-corrected chi connectivity index (χ3v) is 1.49. The average molecular weight is 224 g/mol. The summed E-state index contributed by atoms with van der Waals surface area (Å²) in [6.45, 7) is 0.381. The maximum Gasteiger partial charge on any atom is 0.303 e. The highest BCUT2D eigenvalue weighted by Gasteiger charge is 2.34. The summed E-state index contributed by atoms with van der Waals surface area (Å²) >= 11 is 0. The summed E-state index contributed by atoms with van der Waals surface area (Å²) in [4.78, 5) is 10.1. The van der Waals surface area contributed by atoms with E-state index in [0.717, 1.165) is 0 Å². The molecule has 15 heavy (non-hydrogen) atoms. The minimum absolute atomic E-state index is 0.0255. The molecule has 0 spiro atoms. The first kappa shape index (κ1) is 14.3. The molecule has 1 aliphatic heterocycles. The van der Waals surface area contributed by atoms with Gasteiger partial charge in [0.25, 0.3) is 5.97 Å². The number of aliphatic carboxylic acids is 1. The first-order valence-electron chi connectivity index (χ1n) is 4.48. The van der Waals surface area contributed by atoms with Crippen molar-refractivity contribution in [1.82, 2.24) is 0 Å². The summed E-state index contributed by atoms with van der Waals surface area (Å²) in [7, 11) is 0. The molecule has 0 atom stereocenters. The highest BCUT2D eigenvalue weighted by Crippen LogP contribution is 2.20. The lowest BCUT2D eigenvalue weighted by Crippen LogP contribution is -2.30. The zero-order chi connectivity index (χ0) is 11.7. The molecular formula is C8H16O7. The van der Waals surface area contributed by atoms with Gasteiger partial charge < -0.3 is 29.9 Å². The molecule has 90 valence electrons. The van der Waals surface area contributed by atoms with Gasteiger partial charge in [0, 0.05) is 6.42 Å². The van der Waals surface area contributed by atoms with Crippen molar-refractivity contribution in [2.24, 2.45) is 0 Å². The van der Waals surface area contributed by atoms with Crippen LogP contribution in [-0.4, -0.2) is 58.8 Å². The van der Waals surface area contributed by atoms with Gasteiger partial charge in [-0.1, -0.05) is 0 Å². The van der Waals surface area contributed by atoms with Crippen LogP contribution in [0.15, 0.2) is 0 Å². The third-order valence-electron chi connectivity index (χ3n) is 1.49. The van der Waals surface area contributed by atoms with E-state index in [-0.39, 0.29) is 26.1 Å². The Kier molecular flexibility index (Phi) is 7.18. The van der Waals surface area contributed by atoms with E-state index in [4.69, 9.17) is 24.8 Å². The monoisotopic (exact) mass is 224 g/mol. The van der Waals surface area contributed by atoms with E-state index < -0.39 is 11.9 Å². The van der Waals surface area contributed by atoms with Crippen molar-refractivity contribution in [3.8, 4) is 0 Å². The minimum atomic E-state index is -1.65. The second kappa shape index (κ2) is 7.55. The molecule has 4 N–H and O–H groups in total. The molecule has 0 aliphatic carbocycles. The number of hydrogen-bond donors (Lipinski definition) is 4. The molecule has 0 aromatic carbocycles. The smallest absolute Gasteiger partial charge is 0.303 e. The molecule has 1 fully saturated rings. The number of aliphatic hydroxyl groups excluding tert-OH is 2. The van der Waals surface area contributed by atoms with Crippen molar-refractivity contribution in [2.75, 3.05) is 26.4 Å². The summed E-state index contributed by atoms with van der Waals surface area (Å²) < 4.78 is 9.52. The van der Waals surface area contributed by atoms with Crippen LogP contribution in [0.4, 0.5) is 0 Å². The topological polar surface area (TPSA) is 116 Å². The fourth-order valence-corrected chi connectivity index (χ4v) is 0.853. The fourth-order valence-electron chi connectivity index (χ4n) is 0.853. The van der Waals surface area contributed by atoms with E-state index in [2.05, 4.69) is 0 Å². The van der Waals surface area contributed by atoms with Crippen molar-refractivity contribution in [3.63, 3.8) is 0 Å². The van der Waals surface area contributed by atoms with Gasteiger partial charge in [-0.25, -0.2) is 0 Å². The number of carbonyl (C=O) groups is 1. The largest absolute Gasteiger partial charge is 0.481 e. The van der Waals surface area contributed by atoms with Gasteiger partial charge in [0.15, 0.2) is 0 Å². The fraction of sp³-hybridized carbons (Fsp3) is 0.875. The van der Waals surface area contributed by atoms with Crippen LogP contribution in [0.25, 0.3) is 0 Å². The first-order valence-corrected chi connectivity index (χ1v) is 4.48. The standard InChI is InChI=1S/C6H10O5.C2H6O2/c7-5(8)1-2-6(9)10-3-4-11-6;3-1-2-4/h9H,1-4H2,(H,7,8);3-4H,1-2H2. The maximum atomic E-state index is 10.1. The Labute approximate surface area is 86.9 Å². The van der Waals surface area contributed by atoms with Crippen molar-refractivity contribution in [1.29, 1.82) is 0 Å². The van der Waals surface area contributed by atoms with Crippen LogP contribution < -0.4 is 0 Å². The summed E-state index contributed by atoms with van der Waals surface area (Å²) in [5.74, 6) is -2.63. The van der Waals surface area contributed by atoms with Gasteiger partial charge in [-0.15, -0.1) is 0 Å². The molecule has 0 unspecified atom stereocenters. The van der Waals surface area contributed by atoms with Crippen molar-refractivity contribution in [2.45, 2.75) is 18.8 Å². The molecule has 0 bridgehead atoms. The second-order valence-electron chi connectivity index (χ2n) is 2.75. The first-order chi connectivity index (χ1) is 7.04. The van der Waals surface area contributed by atoms with E-state index in [0.29, 0.717) is 13.2 Å². The van der Waals surface area contributed by atoms with E-state index in [1.165, 1.54) is 0 Å². The van der Waals surface area contributed by atoms with Gasteiger partial charge in [-0.3, -0.25) is 4.79 Å². The molecule has 0 amide bonds. The van der Waals surface area contributed by atoms with E-state index >= 15 is 0 Å². The molecule has 0 saturated carbocycles. The Morgan fingerprint density at radius 3 is 2.00 bits per heavy atom. The van der Waals surface area contributed by atoms with Crippen molar-refractivity contribution >= 4 is 5.97 Å². The van der Waals surface area contributed by atoms with Gasteiger partial charge in [-0.05, 0) is 0 Å². The number of carboxylic acids is 1. The van der Waals surface area contributed by atoms with Gasteiger partial charge in [0.05, 0.1) is 32.8 Å². The lowest BCUT2D eigenvalue weighted by molar-refractivity contribution is -0.308. The van der Waals surface area contributed by atoms with Crippen LogP contribution >= 0.6 is 0 Å². The average Bonchev–Trinajstić information content (AvgIpc) is 2.64. The maximum absolute atomic E-state index is 10.1. The molecule has 0 radical (unpaired) electrons. The van der Waals surface area contributed by atoms with Gasteiger partial charge in [0.1, 0.15) is 0 Å². The van der Waals surface area contributed by atoms with Crippen LogP contribution in [0.5, 0.6) is 0 Å². The molecule has 1 rings (SSSR count). The normalized spacial score (nSPS) is 18.1. The quantitative estimate of drug-likeness (QED) is 0.460. The molecule has 0 aromatic rings. The van der Waals surface area contributed by atoms with E-state index in [9.17, 15) is 9.90 Å². The minimum Gasteiger partial charge on any atom is -0.481 e. The molecular weight excluding hydrogens is 208 g/mol. The molecule has 0 aromatic heterocycles.